The summed E-state index contributed by atoms with van der Waals surface area (Å²) in [5.74, 6) is 1.81. The van der Waals surface area contributed by atoms with Crippen LogP contribution in [0.15, 0.2) is 48.5 Å². The molecule has 0 bridgehead atoms. The average molecular weight is 440 g/mol. The van der Waals surface area contributed by atoms with Crippen molar-refractivity contribution in [1.82, 2.24) is 4.90 Å². The van der Waals surface area contributed by atoms with E-state index in [0.717, 1.165) is 56.6 Å². The lowest BCUT2D eigenvalue weighted by atomic mass is 10.00. The van der Waals surface area contributed by atoms with Gasteiger partial charge in [-0.25, -0.2) is 4.79 Å². The van der Waals surface area contributed by atoms with Crippen molar-refractivity contribution in [2.75, 3.05) is 20.3 Å². The summed E-state index contributed by atoms with van der Waals surface area (Å²) >= 11 is 0. The molecular weight excluding hydrogens is 402 g/mol. The minimum absolute atomic E-state index is 0.169. The minimum Gasteiger partial charge on any atom is -0.497 e. The first-order chi connectivity index (χ1) is 15.4. The number of para-hydroxylation sites is 1. The van der Waals surface area contributed by atoms with Gasteiger partial charge in [0, 0.05) is 19.0 Å². The highest BCUT2D eigenvalue weighted by atomic mass is 16.6. The maximum absolute atomic E-state index is 12.6. The maximum Gasteiger partial charge on any atom is 0.410 e. The van der Waals surface area contributed by atoms with E-state index in [9.17, 15) is 4.79 Å². The predicted octanol–water partition coefficient (Wildman–Crippen LogP) is 6.04. The Morgan fingerprint density at radius 3 is 2.66 bits per heavy atom. The van der Waals surface area contributed by atoms with Gasteiger partial charge in [-0.15, -0.1) is 0 Å². The summed E-state index contributed by atoms with van der Waals surface area (Å²) < 4.78 is 17.1. The van der Waals surface area contributed by atoms with Crippen LogP contribution in [0, 0.1) is 0 Å². The Kier molecular flexibility index (Phi) is 8.43. The molecule has 1 fully saturated rings. The largest absolute Gasteiger partial charge is 0.497 e. The topological polar surface area (TPSA) is 48.0 Å². The number of carbonyl (C=O) groups is 1. The van der Waals surface area contributed by atoms with Crippen LogP contribution in [0.4, 0.5) is 4.79 Å². The summed E-state index contributed by atoms with van der Waals surface area (Å²) in [6, 6.07) is 16.6. The Labute approximate surface area is 192 Å². The Morgan fingerprint density at radius 1 is 1.06 bits per heavy atom. The van der Waals surface area contributed by atoms with E-state index in [4.69, 9.17) is 14.2 Å². The second-order valence-corrected chi connectivity index (χ2v) is 9.42. The van der Waals surface area contributed by atoms with Gasteiger partial charge < -0.3 is 19.1 Å². The first-order valence-electron chi connectivity index (χ1n) is 11.7. The van der Waals surface area contributed by atoms with E-state index in [1.54, 1.807) is 7.11 Å². The van der Waals surface area contributed by atoms with Gasteiger partial charge in [0.25, 0.3) is 0 Å². The number of aryl methyl sites for hydroxylation is 2. The lowest BCUT2D eigenvalue weighted by Crippen LogP contribution is -2.46. The highest BCUT2D eigenvalue weighted by Crippen LogP contribution is 2.25. The highest BCUT2D eigenvalue weighted by Gasteiger charge is 2.30. The molecular formula is C27H37NO4. The van der Waals surface area contributed by atoms with Crippen molar-refractivity contribution in [2.24, 2.45) is 0 Å². The molecule has 0 N–H and O–H groups in total. The first kappa shape index (κ1) is 24.0. The third-order valence-electron chi connectivity index (χ3n) is 5.75. The average Bonchev–Trinajstić information content (AvgIpc) is 2.77. The molecule has 5 heteroatoms. The Morgan fingerprint density at radius 2 is 1.88 bits per heavy atom. The second kappa shape index (κ2) is 11.3. The monoisotopic (exact) mass is 439 g/mol. The third kappa shape index (κ3) is 7.18. The maximum atomic E-state index is 12.6. The van der Waals surface area contributed by atoms with Crippen LogP contribution in [-0.2, 0) is 17.6 Å². The normalized spacial score (nSPS) is 16.5. The van der Waals surface area contributed by atoms with Crippen molar-refractivity contribution >= 4 is 6.09 Å². The molecule has 174 valence electrons. The Balaban J connectivity index is 1.55. The van der Waals surface area contributed by atoms with Gasteiger partial charge in [0.2, 0.25) is 0 Å². The zero-order valence-corrected chi connectivity index (χ0v) is 19.9. The highest BCUT2D eigenvalue weighted by molar-refractivity contribution is 5.68. The molecule has 0 radical (unpaired) electrons. The molecule has 0 aliphatic carbocycles. The van der Waals surface area contributed by atoms with Crippen LogP contribution in [-0.4, -0.2) is 42.9 Å². The number of likely N-dealkylation sites (tertiary alicyclic amines) is 1. The molecule has 1 unspecified atom stereocenters. The number of methoxy groups -OCH3 is 1. The van der Waals surface area contributed by atoms with Gasteiger partial charge in [-0.2, -0.15) is 0 Å². The van der Waals surface area contributed by atoms with Gasteiger partial charge in [0.1, 0.15) is 17.1 Å². The molecule has 2 aromatic carbocycles. The molecule has 1 aliphatic heterocycles. The summed E-state index contributed by atoms with van der Waals surface area (Å²) in [5.41, 5.74) is 1.97. The van der Waals surface area contributed by atoms with E-state index in [-0.39, 0.29) is 12.1 Å². The van der Waals surface area contributed by atoms with E-state index in [1.165, 1.54) is 11.1 Å². The van der Waals surface area contributed by atoms with Crippen molar-refractivity contribution in [1.29, 1.82) is 0 Å². The van der Waals surface area contributed by atoms with Crippen LogP contribution in [0.25, 0.3) is 0 Å². The fourth-order valence-electron chi connectivity index (χ4n) is 4.12. The van der Waals surface area contributed by atoms with Crippen molar-refractivity contribution in [3.8, 4) is 11.5 Å². The van der Waals surface area contributed by atoms with Crippen LogP contribution < -0.4 is 9.47 Å². The minimum atomic E-state index is -0.475. The molecule has 1 aliphatic rings. The number of hydrogen-bond acceptors (Lipinski definition) is 4. The molecule has 2 aromatic rings. The van der Waals surface area contributed by atoms with Crippen molar-refractivity contribution < 1.29 is 19.0 Å². The van der Waals surface area contributed by atoms with E-state index < -0.39 is 5.60 Å². The quantitative estimate of drug-likeness (QED) is 0.503. The van der Waals surface area contributed by atoms with Crippen LogP contribution in [0.3, 0.4) is 0 Å². The summed E-state index contributed by atoms with van der Waals surface area (Å²) in [6.45, 7) is 7.08. The Hall–Kier alpha value is -2.69. The summed E-state index contributed by atoms with van der Waals surface area (Å²) in [4.78, 5) is 14.5. The van der Waals surface area contributed by atoms with E-state index in [2.05, 4.69) is 24.3 Å². The van der Waals surface area contributed by atoms with Crippen LogP contribution in [0.2, 0.25) is 0 Å². The fourth-order valence-corrected chi connectivity index (χ4v) is 4.12. The SMILES string of the molecule is COc1cccc(CCc2ccccc2OCCC2CCCCN2C(=O)OC(C)(C)C)c1. The standard InChI is InChI=1S/C27H37NO4/c1-27(2,3)32-26(29)28-18-8-7-12-23(28)17-19-31-25-14-6-5-11-22(25)16-15-21-10-9-13-24(20-21)30-4/h5-6,9-11,13-14,20,23H,7-8,12,15-19H2,1-4H3. The number of ether oxygens (including phenoxy) is 3. The van der Waals surface area contributed by atoms with Gasteiger partial charge in [0.05, 0.1) is 13.7 Å². The van der Waals surface area contributed by atoms with E-state index >= 15 is 0 Å². The van der Waals surface area contributed by atoms with Crippen molar-refractivity contribution in [3.05, 3.63) is 59.7 Å². The molecule has 1 heterocycles. The number of nitrogens with zero attached hydrogens (tertiary/aromatic N) is 1. The first-order valence-corrected chi connectivity index (χ1v) is 11.7. The molecule has 1 saturated heterocycles. The lowest BCUT2D eigenvalue weighted by molar-refractivity contribution is 0.00742. The molecule has 0 spiro atoms. The number of piperidine rings is 1. The number of carbonyl (C=O) groups excluding carboxylic acids is 1. The number of benzene rings is 2. The number of rotatable bonds is 8. The molecule has 0 saturated carbocycles. The van der Waals surface area contributed by atoms with Crippen LogP contribution >= 0.6 is 0 Å². The third-order valence-corrected chi connectivity index (χ3v) is 5.75. The molecule has 1 atom stereocenters. The Bertz CT molecular complexity index is 874. The van der Waals surface area contributed by atoms with E-state index in [1.807, 2.05) is 49.9 Å². The van der Waals surface area contributed by atoms with E-state index in [0.29, 0.717) is 6.61 Å². The van der Waals surface area contributed by atoms with Gasteiger partial charge in [0.15, 0.2) is 0 Å². The molecule has 1 amide bonds. The van der Waals surface area contributed by atoms with Crippen LogP contribution in [0.5, 0.6) is 11.5 Å². The molecule has 0 aromatic heterocycles. The fraction of sp³-hybridized carbons (Fsp3) is 0.519. The number of amides is 1. The summed E-state index contributed by atoms with van der Waals surface area (Å²) in [7, 11) is 1.69. The summed E-state index contributed by atoms with van der Waals surface area (Å²) in [5, 5.41) is 0. The van der Waals surface area contributed by atoms with Gasteiger partial charge in [-0.1, -0.05) is 30.3 Å². The van der Waals surface area contributed by atoms with Gasteiger partial charge in [-0.3, -0.25) is 0 Å². The molecule has 32 heavy (non-hydrogen) atoms. The zero-order valence-electron chi connectivity index (χ0n) is 19.9. The molecule has 5 nitrogen and oxygen atoms in total. The molecule has 3 rings (SSSR count). The lowest BCUT2D eigenvalue weighted by Gasteiger charge is -2.36. The van der Waals surface area contributed by atoms with Crippen LogP contribution in [0.1, 0.15) is 57.6 Å². The van der Waals surface area contributed by atoms with Crippen molar-refractivity contribution in [3.63, 3.8) is 0 Å². The van der Waals surface area contributed by atoms with Crippen molar-refractivity contribution in [2.45, 2.75) is 70.9 Å². The zero-order chi connectivity index (χ0) is 23.0. The second-order valence-electron chi connectivity index (χ2n) is 9.42. The van der Waals surface area contributed by atoms with Gasteiger partial charge >= 0.3 is 6.09 Å². The number of hydrogen-bond donors (Lipinski definition) is 0. The summed E-state index contributed by atoms with van der Waals surface area (Å²) in [6.07, 6.45) is 5.60. The predicted molar refractivity (Wildman–Crippen MR) is 128 cm³/mol. The smallest absolute Gasteiger partial charge is 0.410 e. The van der Waals surface area contributed by atoms with Gasteiger partial charge in [-0.05, 0) is 82.2 Å².